The average Bonchev–Trinajstić information content (AvgIpc) is 2.40. The molecule has 2 rings (SSSR count). The van der Waals surface area contributed by atoms with Crippen LogP contribution in [0.4, 0.5) is 0 Å². The van der Waals surface area contributed by atoms with Gasteiger partial charge in [0.15, 0.2) is 0 Å². The maximum absolute atomic E-state index is 8.94. The lowest BCUT2D eigenvalue weighted by Gasteiger charge is -2.05. The summed E-state index contributed by atoms with van der Waals surface area (Å²) in [6.07, 6.45) is 3.24. The fraction of sp³-hybridized carbons (Fsp3) is 0.154. The van der Waals surface area contributed by atoms with Crippen LogP contribution in [-0.2, 0) is 13.1 Å². The van der Waals surface area contributed by atoms with Gasteiger partial charge in [-0.3, -0.25) is 0 Å². The van der Waals surface area contributed by atoms with Crippen LogP contribution in [0, 0.1) is 11.3 Å². The van der Waals surface area contributed by atoms with Gasteiger partial charge in [-0.2, -0.15) is 5.26 Å². The summed E-state index contributed by atoms with van der Waals surface area (Å²) < 4.78 is 0. The summed E-state index contributed by atoms with van der Waals surface area (Å²) in [6.45, 7) is 1.33. The first-order chi connectivity index (χ1) is 8.40. The summed E-state index contributed by atoms with van der Waals surface area (Å²) in [4.78, 5) is 7.97. The number of aromatic nitrogens is 2. The highest BCUT2D eigenvalue weighted by atomic mass is 14.9. The van der Waals surface area contributed by atoms with Crippen molar-refractivity contribution in [1.82, 2.24) is 15.3 Å². The van der Waals surface area contributed by atoms with Crippen LogP contribution in [0.3, 0.4) is 0 Å². The van der Waals surface area contributed by atoms with Gasteiger partial charge in [0.2, 0.25) is 0 Å². The molecule has 0 bridgehead atoms. The molecule has 4 nitrogen and oxygen atoms in total. The topological polar surface area (TPSA) is 61.6 Å². The van der Waals surface area contributed by atoms with Crippen LogP contribution < -0.4 is 5.32 Å². The van der Waals surface area contributed by atoms with Crippen molar-refractivity contribution in [3.8, 4) is 6.07 Å². The Morgan fingerprint density at radius 2 is 2.06 bits per heavy atom. The van der Waals surface area contributed by atoms with E-state index in [9.17, 15) is 0 Å². The molecule has 1 aromatic heterocycles. The number of hydrogen-bond acceptors (Lipinski definition) is 4. The molecule has 1 heterocycles. The fourth-order valence-corrected chi connectivity index (χ4v) is 1.53. The van der Waals surface area contributed by atoms with Gasteiger partial charge < -0.3 is 5.32 Å². The molecule has 1 N–H and O–H groups in total. The van der Waals surface area contributed by atoms with E-state index in [-0.39, 0.29) is 0 Å². The summed E-state index contributed by atoms with van der Waals surface area (Å²) in [5, 5.41) is 12.2. The molecule has 0 saturated carbocycles. The Morgan fingerprint density at radius 1 is 1.18 bits per heavy atom. The Kier molecular flexibility index (Phi) is 3.79. The quantitative estimate of drug-likeness (QED) is 0.857. The maximum atomic E-state index is 8.94. The zero-order valence-corrected chi connectivity index (χ0v) is 9.30. The van der Waals surface area contributed by atoms with Crippen LogP contribution in [0.2, 0.25) is 0 Å². The molecular weight excluding hydrogens is 212 g/mol. The number of nitrogens with zero attached hydrogens (tertiary/aromatic N) is 3. The Balaban J connectivity index is 1.93. The van der Waals surface area contributed by atoms with Gasteiger partial charge in [0.05, 0.1) is 17.3 Å². The van der Waals surface area contributed by atoms with E-state index < -0.39 is 0 Å². The number of nitrogens with one attached hydrogen (secondary N) is 1. The standard InChI is InChI=1S/C13H12N4/c14-7-11-3-1-2-4-12(11)8-16-9-13-5-6-15-10-17-13/h1-6,10,16H,8-9H2. The second kappa shape index (κ2) is 5.73. The molecule has 0 fully saturated rings. The Morgan fingerprint density at radius 3 is 2.82 bits per heavy atom. The Hall–Kier alpha value is -2.25. The van der Waals surface area contributed by atoms with Gasteiger partial charge >= 0.3 is 0 Å². The van der Waals surface area contributed by atoms with E-state index in [0.29, 0.717) is 18.7 Å². The van der Waals surface area contributed by atoms with Gasteiger partial charge in [-0.1, -0.05) is 18.2 Å². The van der Waals surface area contributed by atoms with Crippen molar-refractivity contribution < 1.29 is 0 Å². The SMILES string of the molecule is N#Cc1ccccc1CNCc1ccncn1. The summed E-state index contributed by atoms with van der Waals surface area (Å²) in [5.41, 5.74) is 2.65. The average molecular weight is 224 g/mol. The monoisotopic (exact) mass is 224 g/mol. The minimum atomic E-state index is 0.660. The molecule has 4 heteroatoms. The van der Waals surface area contributed by atoms with Crippen molar-refractivity contribution in [2.24, 2.45) is 0 Å². The highest BCUT2D eigenvalue weighted by Crippen LogP contribution is 2.06. The molecule has 17 heavy (non-hydrogen) atoms. The largest absolute Gasteiger partial charge is 0.307 e. The van der Waals surface area contributed by atoms with Crippen LogP contribution in [0.25, 0.3) is 0 Å². The van der Waals surface area contributed by atoms with E-state index in [1.807, 2.05) is 30.3 Å². The summed E-state index contributed by atoms with van der Waals surface area (Å²) in [7, 11) is 0. The first kappa shape index (κ1) is 11.2. The number of rotatable bonds is 4. The molecule has 0 aliphatic rings. The molecule has 2 aromatic rings. The molecule has 0 aliphatic carbocycles. The summed E-state index contributed by atoms with van der Waals surface area (Å²) >= 11 is 0. The minimum absolute atomic E-state index is 0.660. The molecule has 84 valence electrons. The lowest BCUT2D eigenvalue weighted by atomic mass is 10.1. The third-order valence-electron chi connectivity index (χ3n) is 2.40. The van der Waals surface area contributed by atoms with Crippen LogP contribution in [0.5, 0.6) is 0 Å². The molecule has 0 radical (unpaired) electrons. The van der Waals surface area contributed by atoms with Gasteiger partial charge in [0.1, 0.15) is 6.33 Å². The van der Waals surface area contributed by atoms with E-state index in [2.05, 4.69) is 21.4 Å². The third-order valence-corrected chi connectivity index (χ3v) is 2.40. The zero-order chi connectivity index (χ0) is 11.9. The van der Waals surface area contributed by atoms with Gasteiger partial charge in [0.25, 0.3) is 0 Å². The first-order valence-electron chi connectivity index (χ1n) is 5.34. The molecule has 0 spiro atoms. The van der Waals surface area contributed by atoms with Crippen molar-refractivity contribution in [1.29, 1.82) is 5.26 Å². The Bertz CT molecular complexity index is 516. The van der Waals surface area contributed by atoms with E-state index in [4.69, 9.17) is 5.26 Å². The van der Waals surface area contributed by atoms with Gasteiger partial charge in [-0.15, -0.1) is 0 Å². The van der Waals surface area contributed by atoms with Gasteiger partial charge in [-0.05, 0) is 17.7 Å². The van der Waals surface area contributed by atoms with Crippen LogP contribution >= 0.6 is 0 Å². The summed E-state index contributed by atoms with van der Waals surface area (Å²) in [6, 6.07) is 11.6. The highest BCUT2D eigenvalue weighted by Gasteiger charge is 2.00. The molecule has 1 aromatic carbocycles. The van der Waals surface area contributed by atoms with Crippen molar-refractivity contribution in [2.45, 2.75) is 13.1 Å². The maximum Gasteiger partial charge on any atom is 0.115 e. The first-order valence-corrected chi connectivity index (χ1v) is 5.34. The summed E-state index contributed by atoms with van der Waals surface area (Å²) in [5.74, 6) is 0. The van der Waals surface area contributed by atoms with E-state index >= 15 is 0 Å². The zero-order valence-electron chi connectivity index (χ0n) is 9.30. The number of hydrogen-bond donors (Lipinski definition) is 1. The third kappa shape index (κ3) is 3.10. The fourth-order valence-electron chi connectivity index (χ4n) is 1.53. The van der Waals surface area contributed by atoms with E-state index in [1.54, 1.807) is 6.20 Å². The van der Waals surface area contributed by atoms with Crippen LogP contribution in [0.1, 0.15) is 16.8 Å². The predicted octanol–water partition coefficient (Wildman–Crippen LogP) is 1.64. The van der Waals surface area contributed by atoms with Crippen molar-refractivity contribution in [3.63, 3.8) is 0 Å². The van der Waals surface area contributed by atoms with E-state index in [1.165, 1.54) is 6.33 Å². The molecule has 0 aliphatic heterocycles. The van der Waals surface area contributed by atoms with E-state index in [0.717, 1.165) is 11.3 Å². The minimum Gasteiger partial charge on any atom is -0.307 e. The Labute approximate surface area is 100.0 Å². The second-order valence-electron chi connectivity index (χ2n) is 3.57. The van der Waals surface area contributed by atoms with Crippen LogP contribution in [0.15, 0.2) is 42.9 Å². The lowest BCUT2D eigenvalue weighted by molar-refractivity contribution is 0.677. The van der Waals surface area contributed by atoms with Gasteiger partial charge in [0, 0.05) is 19.3 Å². The lowest BCUT2D eigenvalue weighted by Crippen LogP contribution is -2.14. The molecule has 0 saturated heterocycles. The molecule has 0 atom stereocenters. The number of benzene rings is 1. The second-order valence-corrected chi connectivity index (χ2v) is 3.57. The van der Waals surface area contributed by atoms with Gasteiger partial charge in [-0.25, -0.2) is 9.97 Å². The number of nitriles is 1. The molecule has 0 amide bonds. The smallest absolute Gasteiger partial charge is 0.115 e. The predicted molar refractivity (Wildman–Crippen MR) is 63.7 cm³/mol. The van der Waals surface area contributed by atoms with Crippen molar-refractivity contribution in [3.05, 3.63) is 59.7 Å². The van der Waals surface area contributed by atoms with Crippen molar-refractivity contribution in [2.75, 3.05) is 0 Å². The normalized spacial score (nSPS) is 9.82. The molecule has 0 unspecified atom stereocenters. The molecular formula is C13H12N4. The highest BCUT2D eigenvalue weighted by molar-refractivity contribution is 5.37. The van der Waals surface area contributed by atoms with Crippen molar-refractivity contribution >= 4 is 0 Å². The van der Waals surface area contributed by atoms with Crippen LogP contribution in [-0.4, -0.2) is 9.97 Å².